The number of piperazine rings is 1. The van der Waals surface area contributed by atoms with E-state index in [1.807, 2.05) is 60.6 Å². The number of methoxy groups -OCH3 is 1. The van der Waals surface area contributed by atoms with Gasteiger partial charge in [-0.3, -0.25) is 4.79 Å². The molecule has 13 heteroatoms. The van der Waals surface area contributed by atoms with Gasteiger partial charge >= 0.3 is 13.2 Å². The molecule has 1 amide bonds. The van der Waals surface area contributed by atoms with Gasteiger partial charge < -0.3 is 38.0 Å². The third-order valence-corrected chi connectivity index (χ3v) is 10.8. The fourth-order valence-corrected chi connectivity index (χ4v) is 6.93. The highest BCUT2D eigenvalue weighted by molar-refractivity contribution is 6.65. The Morgan fingerprint density at radius 3 is 2.32 bits per heavy atom. The molecule has 0 unspecified atom stereocenters. The lowest BCUT2D eigenvalue weighted by Crippen LogP contribution is -2.44. The molecule has 0 bridgehead atoms. The Labute approximate surface area is 313 Å². The Kier molecular flexibility index (Phi) is 11.0. The van der Waals surface area contributed by atoms with Crippen LogP contribution in [0.2, 0.25) is 0 Å². The van der Waals surface area contributed by atoms with Gasteiger partial charge in [0.2, 0.25) is 0 Å². The summed E-state index contributed by atoms with van der Waals surface area (Å²) in [4.78, 5) is 35.1. The Morgan fingerprint density at radius 2 is 1.72 bits per heavy atom. The van der Waals surface area contributed by atoms with Gasteiger partial charge in [-0.2, -0.15) is 0 Å². The number of anilines is 1. The minimum Gasteiger partial charge on any atom is -0.493 e. The molecule has 53 heavy (non-hydrogen) atoms. The first-order valence-electron chi connectivity index (χ1n) is 18.8. The van der Waals surface area contributed by atoms with Crippen LogP contribution in [-0.4, -0.2) is 109 Å². The number of nitrogens with zero attached hydrogens (tertiary/aromatic N) is 5. The molecule has 0 atom stereocenters. The maximum atomic E-state index is 13.0. The lowest BCUT2D eigenvalue weighted by Gasteiger charge is -2.33. The molecule has 286 valence electrons. The number of aldehydes is 1. The van der Waals surface area contributed by atoms with Crippen LogP contribution in [-0.2, 0) is 20.6 Å². The van der Waals surface area contributed by atoms with Gasteiger partial charge in [0.15, 0.2) is 11.6 Å². The molecule has 0 radical (unpaired) electrons. The predicted octanol–water partition coefficient (Wildman–Crippen LogP) is 6.17. The second-order valence-electron chi connectivity index (χ2n) is 16.7. The minimum absolute atomic E-state index is 0.288. The first-order valence-corrected chi connectivity index (χ1v) is 18.8. The van der Waals surface area contributed by atoms with Crippen LogP contribution < -0.4 is 15.1 Å². The van der Waals surface area contributed by atoms with Crippen molar-refractivity contribution in [1.29, 1.82) is 0 Å². The number of carbonyl (C=O) groups is 2. The van der Waals surface area contributed by atoms with Crippen LogP contribution in [0.1, 0.15) is 83.8 Å². The van der Waals surface area contributed by atoms with Gasteiger partial charge in [0.05, 0.1) is 31.1 Å². The smallest absolute Gasteiger partial charge is 0.493 e. The molecule has 2 aromatic heterocycles. The number of likely N-dealkylation sites (N-methyl/N-ethyl adjacent to an activating group) is 1. The normalized spacial score (nSPS) is 20.2. The van der Waals surface area contributed by atoms with Gasteiger partial charge in [0.25, 0.3) is 0 Å². The van der Waals surface area contributed by atoms with Gasteiger partial charge in [-0.1, -0.05) is 6.08 Å². The van der Waals surface area contributed by atoms with Gasteiger partial charge in [0.1, 0.15) is 17.7 Å². The van der Waals surface area contributed by atoms with Gasteiger partial charge in [0, 0.05) is 73.0 Å². The number of carbonyl (C=O) groups excluding carboxylic acids is 2. The molecule has 0 spiro atoms. The molecule has 0 N–H and O–H groups in total. The Balaban J connectivity index is 0.000000250. The topological polar surface area (TPSA) is 98.6 Å². The molecule has 2 saturated heterocycles. The molecular formula is C40H55BFN5O6. The highest BCUT2D eigenvalue weighted by Crippen LogP contribution is 2.39. The Bertz CT molecular complexity index is 1840. The molecule has 11 nitrogen and oxygen atoms in total. The maximum absolute atomic E-state index is 13.0. The average molecular weight is 732 g/mol. The highest BCUT2D eigenvalue weighted by atomic mass is 19.1. The van der Waals surface area contributed by atoms with Crippen LogP contribution in [0.4, 0.5) is 15.0 Å². The highest BCUT2D eigenvalue weighted by Gasteiger charge is 2.52. The van der Waals surface area contributed by atoms with E-state index in [2.05, 4.69) is 38.5 Å². The largest absolute Gasteiger partial charge is 0.497 e. The molecule has 3 aromatic rings. The number of hydrogen-bond acceptors (Lipinski definition) is 9. The SMILES string of the molecule is CC(C)(C)OC(=O)N1CCC=C(c2cc3cc(C=O)cc(B4OC(C)(C)C(C)(C)O4)c3n2CC2CC2)C1.COc1cc(F)cnc1N1CCN(C)CC1. The van der Waals surface area contributed by atoms with Crippen LogP contribution in [0.3, 0.4) is 0 Å². The Morgan fingerprint density at radius 1 is 1.04 bits per heavy atom. The van der Waals surface area contributed by atoms with Crippen LogP contribution >= 0.6 is 0 Å². The molecule has 1 aromatic carbocycles. The van der Waals surface area contributed by atoms with E-state index in [0.29, 0.717) is 30.3 Å². The third kappa shape index (κ3) is 8.73. The molecule has 7 rings (SSSR count). The summed E-state index contributed by atoms with van der Waals surface area (Å²) in [5.41, 5.74) is 3.18. The third-order valence-electron chi connectivity index (χ3n) is 10.8. The van der Waals surface area contributed by atoms with Crippen LogP contribution in [0.15, 0.2) is 36.5 Å². The van der Waals surface area contributed by atoms with Gasteiger partial charge in [-0.15, -0.1) is 0 Å². The van der Waals surface area contributed by atoms with Crippen LogP contribution in [0.5, 0.6) is 5.75 Å². The van der Waals surface area contributed by atoms with Crippen molar-refractivity contribution in [3.05, 3.63) is 53.6 Å². The van der Waals surface area contributed by atoms with Crippen LogP contribution in [0.25, 0.3) is 16.5 Å². The number of fused-ring (bicyclic) bond motifs is 1. The van der Waals surface area contributed by atoms with E-state index in [0.717, 1.165) is 78.9 Å². The second-order valence-corrected chi connectivity index (χ2v) is 16.7. The van der Waals surface area contributed by atoms with Crippen molar-refractivity contribution in [2.24, 2.45) is 5.92 Å². The number of hydrogen-bond donors (Lipinski definition) is 0. The summed E-state index contributed by atoms with van der Waals surface area (Å²) in [6, 6.07) is 7.39. The zero-order chi connectivity index (χ0) is 38.3. The fourth-order valence-electron chi connectivity index (χ4n) is 6.93. The minimum atomic E-state index is -0.577. The summed E-state index contributed by atoms with van der Waals surface area (Å²) in [5.74, 6) is 1.49. The standard InChI is InChI=1S/C29H39BN2O5.C11H16FN3O/c1-27(2,3)35-26(34)31-12-8-9-21(17-31)24-15-22-13-20(18-33)14-23(25(22)32(24)16-19-10-11-19)30-36-28(4,5)29(6,7)37-30;1-14-3-5-15(6-4-14)11-10(16-2)7-9(12)8-13-11/h9,13-15,18-19H,8,10-12,16-17H2,1-7H3;7-8H,3-6H2,1-2H3. The fraction of sp³-hybridized carbons (Fsp3) is 0.575. The second kappa shape index (κ2) is 15.1. The summed E-state index contributed by atoms with van der Waals surface area (Å²) in [6.07, 6.45) is 7.24. The van der Waals surface area contributed by atoms with E-state index < -0.39 is 23.9 Å². The zero-order valence-corrected chi connectivity index (χ0v) is 32.8. The van der Waals surface area contributed by atoms with Crippen molar-refractivity contribution in [1.82, 2.24) is 19.4 Å². The monoisotopic (exact) mass is 731 g/mol. The van der Waals surface area contributed by atoms with Crippen molar-refractivity contribution in [3.63, 3.8) is 0 Å². The number of pyridine rings is 1. The van der Waals surface area contributed by atoms with Crippen molar-refractivity contribution in [2.45, 2.75) is 91.1 Å². The lowest BCUT2D eigenvalue weighted by molar-refractivity contribution is 0.00578. The van der Waals surface area contributed by atoms with Crippen molar-refractivity contribution in [2.75, 3.05) is 58.3 Å². The molecule has 1 saturated carbocycles. The summed E-state index contributed by atoms with van der Waals surface area (Å²) in [5, 5.41) is 0.986. The average Bonchev–Trinajstić information content (AvgIpc) is 3.80. The van der Waals surface area contributed by atoms with Gasteiger partial charge in [-0.05, 0) is 104 Å². The molecule has 3 aliphatic heterocycles. The summed E-state index contributed by atoms with van der Waals surface area (Å²) in [6.45, 7) is 19.6. The number of benzene rings is 1. The van der Waals surface area contributed by atoms with E-state index >= 15 is 0 Å². The summed E-state index contributed by atoms with van der Waals surface area (Å²) < 4.78 is 39.1. The number of halogens is 1. The lowest BCUT2D eigenvalue weighted by atomic mass is 9.77. The molecule has 1 aliphatic carbocycles. The van der Waals surface area contributed by atoms with Gasteiger partial charge in [-0.25, -0.2) is 14.2 Å². The zero-order valence-electron chi connectivity index (χ0n) is 32.8. The number of amides is 1. The quantitative estimate of drug-likeness (QED) is 0.209. The summed E-state index contributed by atoms with van der Waals surface area (Å²) in [7, 11) is 3.05. The van der Waals surface area contributed by atoms with Crippen LogP contribution in [0, 0.1) is 11.7 Å². The van der Waals surface area contributed by atoms with E-state index in [9.17, 15) is 14.0 Å². The van der Waals surface area contributed by atoms with E-state index in [-0.39, 0.29) is 11.9 Å². The first kappa shape index (κ1) is 38.8. The molecule has 5 heterocycles. The predicted molar refractivity (Wildman–Crippen MR) is 207 cm³/mol. The number of rotatable bonds is 7. The summed E-state index contributed by atoms with van der Waals surface area (Å²) >= 11 is 0. The molecule has 3 fully saturated rings. The van der Waals surface area contributed by atoms with E-state index in [1.165, 1.54) is 32.2 Å². The molecule has 4 aliphatic rings. The van der Waals surface area contributed by atoms with Crippen molar-refractivity contribution in [3.8, 4) is 5.75 Å². The van der Waals surface area contributed by atoms with Crippen molar-refractivity contribution >= 4 is 47.3 Å². The number of ether oxygens (including phenoxy) is 2. The molecular weight excluding hydrogens is 676 g/mol. The first-order chi connectivity index (χ1) is 25.0. The van der Waals surface area contributed by atoms with E-state index in [1.54, 1.807) is 4.90 Å². The maximum Gasteiger partial charge on any atom is 0.497 e. The van der Waals surface area contributed by atoms with Crippen molar-refractivity contribution < 1.29 is 32.8 Å². The van der Waals surface area contributed by atoms with E-state index in [4.69, 9.17) is 18.8 Å². The Hall–Kier alpha value is -3.94. The number of aromatic nitrogens is 2.